The molecule has 2 heterocycles. The van der Waals surface area contributed by atoms with Gasteiger partial charge in [0.15, 0.2) is 5.69 Å². The first-order valence-corrected chi connectivity index (χ1v) is 7.02. The molecule has 19 heavy (non-hydrogen) atoms. The van der Waals surface area contributed by atoms with Gasteiger partial charge in [-0.05, 0) is 25.7 Å². The zero-order chi connectivity index (χ0) is 13.7. The summed E-state index contributed by atoms with van der Waals surface area (Å²) in [7, 11) is 0. The first-order chi connectivity index (χ1) is 9.26. The van der Waals surface area contributed by atoms with E-state index < -0.39 is 5.97 Å². The van der Waals surface area contributed by atoms with Gasteiger partial charge in [-0.3, -0.25) is 0 Å². The van der Waals surface area contributed by atoms with Crippen LogP contribution in [0.4, 0.5) is 0 Å². The Kier molecular flexibility index (Phi) is 5.15. The van der Waals surface area contributed by atoms with Gasteiger partial charge in [-0.1, -0.05) is 5.21 Å². The molecule has 1 fully saturated rings. The normalized spacial score (nSPS) is 16.5. The van der Waals surface area contributed by atoms with Gasteiger partial charge >= 0.3 is 5.97 Å². The summed E-state index contributed by atoms with van der Waals surface area (Å²) in [6, 6.07) is 0. The highest BCUT2D eigenvalue weighted by Gasteiger charge is 2.22. The van der Waals surface area contributed by atoms with Crippen molar-refractivity contribution in [2.45, 2.75) is 32.2 Å². The van der Waals surface area contributed by atoms with Crippen molar-refractivity contribution >= 4 is 17.6 Å². The number of hydrogen-bond donors (Lipinski definition) is 0. The Morgan fingerprint density at radius 3 is 2.89 bits per heavy atom. The lowest BCUT2D eigenvalue weighted by Gasteiger charge is -2.22. The topological polar surface area (TPSA) is 66.2 Å². The highest BCUT2D eigenvalue weighted by Crippen LogP contribution is 2.19. The van der Waals surface area contributed by atoms with E-state index in [1.165, 1.54) is 0 Å². The fourth-order valence-corrected chi connectivity index (χ4v) is 2.41. The first-order valence-electron chi connectivity index (χ1n) is 6.49. The molecular weight excluding hydrogens is 270 g/mol. The number of rotatable bonds is 5. The van der Waals surface area contributed by atoms with Crippen LogP contribution in [0.2, 0.25) is 0 Å². The SMILES string of the molecule is CCOC(=O)c1nnn(CC2CCOCC2)c1CCl. The molecule has 1 aliphatic rings. The molecule has 106 valence electrons. The molecule has 1 aliphatic heterocycles. The number of carbonyl (C=O) groups excluding carboxylic acids is 1. The van der Waals surface area contributed by atoms with Crippen LogP contribution >= 0.6 is 11.6 Å². The highest BCUT2D eigenvalue weighted by molar-refractivity contribution is 6.17. The minimum atomic E-state index is -0.462. The Morgan fingerprint density at radius 1 is 1.53 bits per heavy atom. The van der Waals surface area contributed by atoms with E-state index in [9.17, 15) is 4.79 Å². The summed E-state index contributed by atoms with van der Waals surface area (Å²) in [5.41, 5.74) is 0.857. The van der Waals surface area contributed by atoms with Crippen LogP contribution in [0, 0.1) is 5.92 Å². The van der Waals surface area contributed by atoms with Gasteiger partial charge in [0.05, 0.1) is 18.2 Å². The van der Waals surface area contributed by atoms with Crippen LogP contribution in [0.5, 0.6) is 0 Å². The number of esters is 1. The molecule has 0 aliphatic carbocycles. The van der Waals surface area contributed by atoms with Crippen LogP contribution in [0.25, 0.3) is 0 Å². The van der Waals surface area contributed by atoms with Gasteiger partial charge in [0, 0.05) is 19.8 Å². The number of halogens is 1. The average molecular weight is 288 g/mol. The van der Waals surface area contributed by atoms with Gasteiger partial charge in [-0.25, -0.2) is 9.48 Å². The molecule has 6 nitrogen and oxygen atoms in total. The maximum absolute atomic E-state index is 11.7. The summed E-state index contributed by atoms with van der Waals surface area (Å²) in [6.45, 7) is 4.34. The van der Waals surface area contributed by atoms with E-state index >= 15 is 0 Å². The molecule has 1 aromatic rings. The third-order valence-electron chi connectivity index (χ3n) is 3.20. The Hall–Kier alpha value is -1.14. The molecule has 1 aromatic heterocycles. The lowest BCUT2D eigenvalue weighted by molar-refractivity contribution is 0.0517. The second kappa shape index (κ2) is 6.86. The molecule has 0 unspecified atom stereocenters. The summed E-state index contributed by atoms with van der Waals surface area (Å²) in [4.78, 5) is 11.7. The van der Waals surface area contributed by atoms with E-state index in [0.29, 0.717) is 18.2 Å². The Labute approximate surface area is 117 Å². The fraction of sp³-hybridized carbons (Fsp3) is 0.750. The largest absolute Gasteiger partial charge is 0.461 e. The van der Waals surface area contributed by atoms with E-state index in [-0.39, 0.29) is 11.6 Å². The third kappa shape index (κ3) is 3.45. The van der Waals surface area contributed by atoms with Crippen LogP contribution < -0.4 is 0 Å². The highest BCUT2D eigenvalue weighted by atomic mass is 35.5. The lowest BCUT2D eigenvalue weighted by Crippen LogP contribution is -2.22. The second-order valence-electron chi connectivity index (χ2n) is 4.48. The molecule has 2 rings (SSSR count). The average Bonchev–Trinajstić information content (AvgIpc) is 2.83. The van der Waals surface area contributed by atoms with Gasteiger partial charge in [-0.2, -0.15) is 0 Å². The molecule has 0 atom stereocenters. The lowest BCUT2D eigenvalue weighted by atomic mass is 10.0. The smallest absolute Gasteiger partial charge is 0.360 e. The zero-order valence-electron chi connectivity index (χ0n) is 11.0. The molecule has 0 radical (unpaired) electrons. The number of hydrogen-bond acceptors (Lipinski definition) is 5. The maximum atomic E-state index is 11.7. The number of alkyl halides is 1. The molecule has 0 saturated carbocycles. The zero-order valence-corrected chi connectivity index (χ0v) is 11.7. The van der Waals surface area contributed by atoms with E-state index in [0.717, 1.165) is 32.6 Å². The van der Waals surface area contributed by atoms with Gasteiger partial charge in [0.25, 0.3) is 0 Å². The van der Waals surface area contributed by atoms with Gasteiger partial charge < -0.3 is 9.47 Å². The number of ether oxygens (including phenoxy) is 2. The first kappa shape index (κ1) is 14.3. The Bertz CT molecular complexity index is 430. The minimum Gasteiger partial charge on any atom is -0.461 e. The van der Waals surface area contributed by atoms with Crippen molar-refractivity contribution in [2.24, 2.45) is 5.92 Å². The van der Waals surface area contributed by atoms with Crippen molar-refractivity contribution in [3.63, 3.8) is 0 Å². The fourth-order valence-electron chi connectivity index (χ4n) is 2.14. The van der Waals surface area contributed by atoms with Gasteiger partial charge in [0.2, 0.25) is 0 Å². The summed E-state index contributed by atoms with van der Waals surface area (Å²) in [6.07, 6.45) is 1.99. The van der Waals surface area contributed by atoms with Crippen LogP contribution in [0.1, 0.15) is 35.9 Å². The van der Waals surface area contributed by atoms with E-state index in [4.69, 9.17) is 21.1 Å². The number of aromatic nitrogens is 3. The van der Waals surface area contributed by atoms with Crippen molar-refractivity contribution in [3.05, 3.63) is 11.4 Å². The van der Waals surface area contributed by atoms with Crippen molar-refractivity contribution < 1.29 is 14.3 Å². The second-order valence-corrected chi connectivity index (χ2v) is 4.74. The summed E-state index contributed by atoms with van der Waals surface area (Å²) < 4.78 is 12.0. The quantitative estimate of drug-likeness (QED) is 0.608. The summed E-state index contributed by atoms with van der Waals surface area (Å²) in [5, 5.41) is 7.92. The molecule has 1 saturated heterocycles. The Balaban J connectivity index is 2.10. The van der Waals surface area contributed by atoms with E-state index in [1.807, 2.05) is 0 Å². The van der Waals surface area contributed by atoms with Crippen molar-refractivity contribution in [2.75, 3.05) is 19.8 Å². The molecule has 0 spiro atoms. The van der Waals surface area contributed by atoms with E-state index in [1.54, 1.807) is 11.6 Å². The van der Waals surface area contributed by atoms with Crippen LogP contribution in [0.3, 0.4) is 0 Å². The van der Waals surface area contributed by atoms with Crippen molar-refractivity contribution in [1.82, 2.24) is 15.0 Å². The van der Waals surface area contributed by atoms with E-state index in [2.05, 4.69) is 10.3 Å². The third-order valence-corrected chi connectivity index (χ3v) is 3.46. The number of nitrogens with zero attached hydrogens (tertiary/aromatic N) is 3. The molecular formula is C12H18ClN3O3. The molecule has 7 heteroatoms. The maximum Gasteiger partial charge on any atom is 0.360 e. The van der Waals surface area contributed by atoms with Crippen LogP contribution in [-0.4, -0.2) is 40.8 Å². The summed E-state index contributed by atoms with van der Waals surface area (Å²) in [5.74, 6) is 0.230. The molecule has 0 N–H and O–H groups in total. The summed E-state index contributed by atoms with van der Waals surface area (Å²) >= 11 is 5.91. The molecule has 0 bridgehead atoms. The molecule has 0 amide bonds. The Morgan fingerprint density at radius 2 is 2.26 bits per heavy atom. The number of carbonyl (C=O) groups is 1. The van der Waals surface area contributed by atoms with Crippen LogP contribution in [0.15, 0.2) is 0 Å². The van der Waals surface area contributed by atoms with Gasteiger partial charge in [0.1, 0.15) is 0 Å². The van der Waals surface area contributed by atoms with Crippen molar-refractivity contribution in [1.29, 1.82) is 0 Å². The predicted molar refractivity (Wildman–Crippen MR) is 69.1 cm³/mol. The monoisotopic (exact) mass is 287 g/mol. The van der Waals surface area contributed by atoms with Crippen LogP contribution in [-0.2, 0) is 21.9 Å². The van der Waals surface area contributed by atoms with Crippen molar-refractivity contribution in [3.8, 4) is 0 Å². The standard InChI is InChI=1S/C12H18ClN3O3/c1-2-19-12(17)11-10(7-13)16(15-14-11)8-9-3-5-18-6-4-9/h9H,2-8H2,1H3. The predicted octanol–water partition coefficient (Wildman–Crippen LogP) is 1.62. The minimum absolute atomic E-state index is 0.199. The van der Waals surface area contributed by atoms with Gasteiger partial charge in [-0.15, -0.1) is 16.7 Å². The molecule has 0 aromatic carbocycles.